The van der Waals surface area contributed by atoms with Crippen LogP contribution < -0.4 is 5.32 Å². The first-order chi connectivity index (χ1) is 14.8. The van der Waals surface area contributed by atoms with E-state index in [1.54, 1.807) is 7.11 Å². The number of epoxide rings is 2. The molecule has 3 saturated heterocycles. The van der Waals surface area contributed by atoms with Crippen LogP contribution in [0.5, 0.6) is 0 Å². The number of hydrogen-bond acceptors (Lipinski definition) is 6. The minimum Gasteiger partial charge on any atom is -0.443 e. The standard InChI is InChI=1S/C24H40N2O5/c1-16(2)8-9-19-23(3,31-19)21-20(28-5)18(10-12-24(21)15-29-24)30-22(27)25-13-11-17-7-6-14-26(17)4/h8,17-21H,6-7,9-15H2,1-5H3,(H,25,27)/t17?,18-,19+,20-,21-,23-,24+/m1/s1. The highest BCUT2D eigenvalue weighted by atomic mass is 16.6. The van der Waals surface area contributed by atoms with Crippen LogP contribution in [0.25, 0.3) is 0 Å². The van der Waals surface area contributed by atoms with Gasteiger partial charge >= 0.3 is 6.09 Å². The molecule has 1 aliphatic carbocycles. The second-order valence-electron chi connectivity index (χ2n) is 10.3. The van der Waals surface area contributed by atoms with Crippen LogP contribution in [-0.2, 0) is 18.9 Å². The van der Waals surface area contributed by atoms with Gasteiger partial charge in [0.05, 0.1) is 18.6 Å². The number of rotatable bonds is 8. The van der Waals surface area contributed by atoms with Crippen LogP contribution in [-0.4, -0.2) is 80.4 Å². The number of carbonyl (C=O) groups excluding carboxylic acids is 1. The van der Waals surface area contributed by atoms with Gasteiger partial charge in [0, 0.05) is 19.7 Å². The van der Waals surface area contributed by atoms with Gasteiger partial charge in [-0.2, -0.15) is 0 Å². The summed E-state index contributed by atoms with van der Waals surface area (Å²) in [6, 6.07) is 0.558. The highest BCUT2D eigenvalue weighted by molar-refractivity contribution is 5.67. The molecule has 0 aromatic rings. The minimum absolute atomic E-state index is 0.0549. The van der Waals surface area contributed by atoms with Gasteiger partial charge in [-0.3, -0.25) is 0 Å². The first kappa shape index (κ1) is 23.0. The predicted molar refractivity (Wildman–Crippen MR) is 118 cm³/mol. The number of nitrogens with zero attached hydrogens (tertiary/aromatic N) is 1. The topological polar surface area (TPSA) is 75.9 Å². The lowest BCUT2D eigenvalue weighted by Gasteiger charge is -2.42. The third-order valence-corrected chi connectivity index (χ3v) is 7.91. The Labute approximate surface area is 186 Å². The third-order valence-electron chi connectivity index (χ3n) is 7.91. The van der Waals surface area contributed by atoms with Crippen LogP contribution >= 0.6 is 0 Å². The number of allylic oxidation sites excluding steroid dienone is 1. The summed E-state index contributed by atoms with van der Waals surface area (Å²) < 4.78 is 24.0. The molecule has 1 spiro atoms. The van der Waals surface area contributed by atoms with Gasteiger partial charge in [0.15, 0.2) is 0 Å². The molecule has 1 amide bonds. The maximum Gasteiger partial charge on any atom is 0.407 e. The molecule has 7 heteroatoms. The second-order valence-corrected chi connectivity index (χ2v) is 10.3. The molecule has 3 aliphatic heterocycles. The van der Waals surface area contributed by atoms with E-state index >= 15 is 0 Å². The van der Waals surface area contributed by atoms with Crippen molar-refractivity contribution in [2.45, 2.75) is 94.9 Å². The van der Waals surface area contributed by atoms with Gasteiger partial charge in [-0.15, -0.1) is 0 Å². The summed E-state index contributed by atoms with van der Waals surface area (Å²) >= 11 is 0. The molecule has 176 valence electrons. The average Bonchev–Trinajstić information content (AvgIpc) is 3.59. The Bertz CT molecular complexity index is 689. The smallest absolute Gasteiger partial charge is 0.407 e. The molecular formula is C24H40N2O5. The highest BCUT2D eigenvalue weighted by Crippen LogP contribution is 2.59. The maximum atomic E-state index is 12.5. The molecule has 0 radical (unpaired) electrons. The summed E-state index contributed by atoms with van der Waals surface area (Å²) in [5, 5.41) is 2.96. The van der Waals surface area contributed by atoms with Gasteiger partial charge in [-0.25, -0.2) is 4.79 Å². The zero-order valence-electron chi connectivity index (χ0n) is 19.8. The summed E-state index contributed by atoms with van der Waals surface area (Å²) in [7, 11) is 3.86. The molecule has 1 saturated carbocycles. The lowest BCUT2D eigenvalue weighted by atomic mass is 9.68. The van der Waals surface area contributed by atoms with Crippen LogP contribution in [0.3, 0.4) is 0 Å². The lowest BCUT2D eigenvalue weighted by molar-refractivity contribution is -0.118. The second kappa shape index (κ2) is 9.00. The first-order valence-electron chi connectivity index (χ1n) is 11.9. The molecule has 4 rings (SSSR count). The van der Waals surface area contributed by atoms with Crippen LogP contribution in [0.4, 0.5) is 4.79 Å². The molecule has 1 unspecified atom stereocenters. The number of hydrogen-bond donors (Lipinski definition) is 1. The summed E-state index contributed by atoms with van der Waals surface area (Å²) in [4.78, 5) is 14.9. The van der Waals surface area contributed by atoms with E-state index in [9.17, 15) is 4.79 Å². The van der Waals surface area contributed by atoms with Crippen LogP contribution in [0.15, 0.2) is 11.6 Å². The maximum absolute atomic E-state index is 12.5. The van der Waals surface area contributed by atoms with Crippen LogP contribution in [0.1, 0.15) is 59.3 Å². The number of carbonyl (C=O) groups is 1. The number of alkyl carbamates (subject to hydrolysis) is 1. The van der Waals surface area contributed by atoms with E-state index in [2.05, 4.69) is 44.1 Å². The molecular weight excluding hydrogens is 396 g/mol. The van der Waals surface area contributed by atoms with Gasteiger partial charge < -0.3 is 29.2 Å². The molecule has 7 atom stereocenters. The molecule has 0 aromatic carbocycles. The van der Waals surface area contributed by atoms with Gasteiger partial charge in [0.1, 0.15) is 23.4 Å². The van der Waals surface area contributed by atoms with E-state index in [1.165, 1.54) is 18.4 Å². The first-order valence-corrected chi connectivity index (χ1v) is 11.9. The van der Waals surface area contributed by atoms with Crippen LogP contribution in [0.2, 0.25) is 0 Å². The van der Waals surface area contributed by atoms with Crippen molar-refractivity contribution in [1.29, 1.82) is 0 Å². The molecule has 0 aromatic heterocycles. The van der Waals surface area contributed by atoms with Crippen molar-refractivity contribution in [2.24, 2.45) is 5.92 Å². The van der Waals surface area contributed by atoms with Crippen molar-refractivity contribution in [3.8, 4) is 0 Å². The van der Waals surface area contributed by atoms with Crippen molar-refractivity contribution in [3.05, 3.63) is 11.6 Å². The van der Waals surface area contributed by atoms with Crippen molar-refractivity contribution in [1.82, 2.24) is 10.2 Å². The summed E-state index contributed by atoms with van der Waals surface area (Å²) in [5.74, 6) is 0.0549. The zero-order chi connectivity index (χ0) is 22.2. The number of methoxy groups -OCH3 is 1. The molecule has 0 bridgehead atoms. The number of likely N-dealkylation sites (tertiary alicyclic amines) is 1. The molecule has 31 heavy (non-hydrogen) atoms. The Morgan fingerprint density at radius 3 is 2.71 bits per heavy atom. The Kier molecular flexibility index (Phi) is 6.69. The van der Waals surface area contributed by atoms with E-state index in [4.69, 9.17) is 18.9 Å². The number of amides is 1. The average molecular weight is 437 g/mol. The zero-order valence-corrected chi connectivity index (χ0v) is 19.8. The Morgan fingerprint density at radius 2 is 2.10 bits per heavy atom. The predicted octanol–water partition coefficient (Wildman–Crippen LogP) is 3.27. The summed E-state index contributed by atoms with van der Waals surface area (Å²) in [5.41, 5.74) is 0.789. The fraction of sp³-hybridized carbons (Fsp3) is 0.875. The molecule has 4 fully saturated rings. The molecule has 4 aliphatic rings. The molecule has 3 heterocycles. The van der Waals surface area contributed by atoms with E-state index in [1.807, 2.05) is 0 Å². The van der Waals surface area contributed by atoms with Crippen molar-refractivity contribution < 1.29 is 23.7 Å². The quantitative estimate of drug-likeness (QED) is 0.465. The number of ether oxygens (including phenoxy) is 4. The lowest BCUT2D eigenvalue weighted by Crippen LogP contribution is -2.56. The number of nitrogens with one attached hydrogen (secondary N) is 1. The van der Waals surface area contributed by atoms with Gasteiger partial charge in [0.25, 0.3) is 0 Å². The SMILES string of the molecule is CO[C@@H]1[C@H](OC(=O)NCCC2CCCN2C)CC[C@]2(CO2)[C@H]1[C@]1(C)O[C@H]1CC=C(C)C. The molecule has 1 N–H and O–H groups in total. The Morgan fingerprint density at radius 1 is 1.32 bits per heavy atom. The monoisotopic (exact) mass is 436 g/mol. The van der Waals surface area contributed by atoms with Gasteiger partial charge in [0.2, 0.25) is 0 Å². The van der Waals surface area contributed by atoms with Crippen molar-refractivity contribution >= 4 is 6.09 Å². The van der Waals surface area contributed by atoms with E-state index < -0.39 is 0 Å². The van der Waals surface area contributed by atoms with Crippen LogP contribution in [0, 0.1) is 5.92 Å². The fourth-order valence-electron chi connectivity index (χ4n) is 5.93. The minimum atomic E-state index is -0.345. The van der Waals surface area contributed by atoms with Crippen molar-refractivity contribution in [3.63, 3.8) is 0 Å². The van der Waals surface area contributed by atoms with E-state index in [0.717, 1.165) is 38.8 Å². The fourth-order valence-corrected chi connectivity index (χ4v) is 5.93. The normalized spacial score (nSPS) is 41.8. The Hall–Kier alpha value is -1.15. The third kappa shape index (κ3) is 4.80. The Balaban J connectivity index is 1.34. The largest absolute Gasteiger partial charge is 0.443 e. The summed E-state index contributed by atoms with van der Waals surface area (Å²) in [6.07, 6.45) is 7.44. The van der Waals surface area contributed by atoms with Crippen molar-refractivity contribution in [2.75, 3.05) is 33.9 Å². The highest BCUT2D eigenvalue weighted by Gasteiger charge is 2.72. The van der Waals surface area contributed by atoms with E-state index in [-0.39, 0.29) is 41.5 Å². The van der Waals surface area contributed by atoms with Gasteiger partial charge in [-0.1, -0.05) is 11.6 Å². The van der Waals surface area contributed by atoms with E-state index in [0.29, 0.717) is 12.6 Å². The van der Waals surface area contributed by atoms with Gasteiger partial charge in [-0.05, 0) is 72.9 Å². The molecule has 7 nitrogen and oxygen atoms in total. The summed E-state index contributed by atoms with van der Waals surface area (Å²) in [6.45, 7) is 8.90.